The zero-order valence-electron chi connectivity index (χ0n) is 12.2. The first-order valence-electron chi connectivity index (χ1n) is 7.06. The van der Waals surface area contributed by atoms with Gasteiger partial charge in [-0.15, -0.1) is 12.3 Å². The van der Waals surface area contributed by atoms with Gasteiger partial charge in [0.05, 0.1) is 6.10 Å². The molecule has 0 saturated heterocycles. The number of hydrogen-bond acceptors (Lipinski definition) is 1. The molecule has 0 spiro atoms. The lowest BCUT2D eigenvalue weighted by Crippen LogP contribution is -2.05. The Morgan fingerprint density at radius 3 is 2.00 bits per heavy atom. The summed E-state index contributed by atoms with van der Waals surface area (Å²) in [6.07, 6.45) is 14.4. The van der Waals surface area contributed by atoms with Crippen LogP contribution in [0.5, 0.6) is 0 Å². The minimum atomic E-state index is 0.415. The molecule has 0 amide bonds. The van der Waals surface area contributed by atoms with E-state index in [9.17, 15) is 0 Å². The Bertz CT molecular complexity index is 204. The van der Waals surface area contributed by atoms with Crippen LogP contribution in [-0.4, -0.2) is 13.2 Å². The summed E-state index contributed by atoms with van der Waals surface area (Å²) in [5.41, 5.74) is 0. The summed E-state index contributed by atoms with van der Waals surface area (Å²) < 4.78 is 5.25. The van der Waals surface area contributed by atoms with Crippen molar-refractivity contribution >= 4 is 0 Å². The van der Waals surface area contributed by atoms with Crippen LogP contribution < -0.4 is 0 Å². The van der Waals surface area contributed by atoms with Gasteiger partial charge in [-0.2, -0.15) is 0 Å². The Labute approximate surface area is 108 Å². The maximum atomic E-state index is 5.31. The van der Waals surface area contributed by atoms with Crippen molar-refractivity contribution in [2.75, 3.05) is 7.11 Å². The van der Waals surface area contributed by atoms with Crippen molar-refractivity contribution in [3.8, 4) is 12.3 Å². The van der Waals surface area contributed by atoms with Gasteiger partial charge in [-0.3, -0.25) is 0 Å². The van der Waals surface area contributed by atoms with Crippen molar-refractivity contribution in [2.24, 2.45) is 11.8 Å². The van der Waals surface area contributed by atoms with Crippen LogP contribution in [0.4, 0.5) is 0 Å². The summed E-state index contributed by atoms with van der Waals surface area (Å²) >= 11 is 0. The van der Waals surface area contributed by atoms with Gasteiger partial charge < -0.3 is 4.74 Å². The van der Waals surface area contributed by atoms with Gasteiger partial charge in [-0.05, 0) is 31.6 Å². The average molecular weight is 238 g/mol. The Hall–Kier alpha value is -0.480. The highest BCUT2D eigenvalue weighted by Crippen LogP contribution is 2.19. The molecule has 0 fully saturated rings. The largest absolute Gasteiger partial charge is 0.382 e. The third-order valence-corrected chi connectivity index (χ3v) is 3.57. The molecular formula is C16H30O. The molecule has 17 heavy (non-hydrogen) atoms. The summed E-state index contributed by atoms with van der Waals surface area (Å²) in [6.45, 7) is 6.76. The monoisotopic (exact) mass is 238 g/mol. The van der Waals surface area contributed by atoms with E-state index in [1.165, 1.54) is 38.5 Å². The molecule has 0 aliphatic heterocycles. The number of ether oxygens (including phenoxy) is 1. The predicted molar refractivity (Wildman–Crippen MR) is 76.0 cm³/mol. The minimum Gasteiger partial charge on any atom is -0.382 e. The summed E-state index contributed by atoms with van der Waals surface area (Å²) in [7, 11) is 1.79. The summed E-state index contributed by atoms with van der Waals surface area (Å²) in [4.78, 5) is 0. The second kappa shape index (κ2) is 10.7. The molecule has 3 unspecified atom stereocenters. The van der Waals surface area contributed by atoms with E-state index >= 15 is 0 Å². The molecule has 100 valence electrons. The van der Waals surface area contributed by atoms with E-state index in [1.54, 1.807) is 7.11 Å². The molecule has 0 N–H and O–H groups in total. The van der Waals surface area contributed by atoms with Crippen LogP contribution >= 0.6 is 0 Å². The molecule has 3 atom stereocenters. The Kier molecular flexibility index (Phi) is 10.4. The molecule has 0 aliphatic rings. The van der Waals surface area contributed by atoms with Gasteiger partial charge in [0.1, 0.15) is 0 Å². The number of methoxy groups -OCH3 is 1. The quantitative estimate of drug-likeness (QED) is 0.503. The highest BCUT2D eigenvalue weighted by Gasteiger charge is 2.06. The van der Waals surface area contributed by atoms with Gasteiger partial charge in [0.25, 0.3) is 0 Å². The fourth-order valence-corrected chi connectivity index (χ4v) is 2.13. The van der Waals surface area contributed by atoms with Crippen LogP contribution in [0.25, 0.3) is 0 Å². The standard InChI is InChI=1S/C16H30O/c1-6-9-14(2)10-7-11-15(3)12-8-13-16(4)17-5/h1,14-16H,7-13H2,2-5H3. The fraction of sp³-hybridized carbons (Fsp3) is 0.875. The molecule has 0 heterocycles. The van der Waals surface area contributed by atoms with E-state index in [0.717, 1.165) is 12.3 Å². The Morgan fingerprint density at radius 2 is 1.47 bits per heavy atom. The molecule has 0 aromatic carbocycles. The minimum absolute atomic E-state index is 0.415. The molecule has 0 aromatic heterocycles. The highest BCUT2D eigenvalue weighted by molar-refractivity contribution is 4.85. The first-order chi connectivity index (χ1) is 8.10. The van der Waals surface area contributed by atoms with E-state index in [2.05, 4.69) is 26.7 Å². The van der Waals surface area contributed by atoms with Crippen LogP contribution in [0.2, 0.25) is 0 Å². The molecule has 0 rings (SSSR count). The molecule has 1 heteroatoms. The number of terminal acetylenes is 1. The van der Waals surface area contributed by atoms with Crippen molar-refractivity contribution in [3.63, 3.8) is 0 Å². The maximum absolute atomic E-state index is 5.31. The van der Waals surface area contributed by atoms with Crippen LogP contribution in [-0.2, 0) is 4.74 Å². The zero-order chi connectivity index (χ0) is 13.1. The molecule has 0 aliphatic carbocycles. The second-order valence-corrected chi connectivity index (χ2v) is 5.53. The van der Waals surface area contributed by atoms with Crippen LogP contribution in [0, 0.1) is 24.2 Å². The lowest BCUT2D eigenvalue weighted by molar-refractivity contribution is 0.107. The van der Waals surface area contributed by atoms with Crippen molar-refractivity contribution < 1.29 is 4.74 Å². The topological polar surface area (TPSA) is 9.23 Å². The molecule has 0 saturated carbocycles. The molecule has 0 bridgehead atoms. The van der Waals surface area contributed by atoms with Gasteiger partial charge >= 0.3 is 0 Å². The third kappa shape index (κ3) is 10.4. The lowest BCUT2D eigenvalue weighted by atomic mass is 9.93. The first kappa shape index (κ1) is 16.5. The molecule has 0 aromatic rings. The Morgan fingerprint density at radius 1 is 0.941 bits per heavy atom. The Balaban J connectivity index is 3.41. The van der Waals surface area contributed by atoms with Gasteiger partial charge in [0.2, 0.25) is 0 Å². The molecule has 1 nitrogen and oxygen atoms in total. The first-order valence-corrected chi connectivity index (χ1v) is 7.06. The second-order valence-electron chi connectivity index (χ2n) is 5.53. The lowest BCUT2D eigenvalue weighted by Gasteiger charge is -2.14. The van der Waals surface area contributed by atoms with Gasteiger partial charge in [0, 0.05) is 13.5 Å². The van der Waals surface area contributed by atoms with E-state index in [0.29, 0.717) is 12.0 Å². The third-order valence-electron chi connectivity index (χ3n) is 3.57. The van der Waals surface area contributed by atoms with E-state index in [4.69, 9.17) is 11.2 Å². The summed E-state index contributed by atoms with van der Waals surface area (Å²) in [6, 6.07) is 0. The van der Waals surface area contributed by atoms with Crippen molar-refractivity contribution in [3.05, 3.63) is 0 Å². The van der Waals surface area contributed by atoms with Crippen molar-refractivity contribution in [2.45, 2.75) is 71.8 Å². The van der Waals surface area contributed by atoms with Crippen LogP contribution in [0.3, 0.4) is 0 Å². The number of rotatable bonds is 10. The summed E-state index contributed by atoms with van der Waals surface area (Å²) in [5.74, 6) is 4.28. The highest BCUT2D eigenvalue weighted by atomic mass is 16.5. The number of hydrogen-bond donors (Lipinski definition) is 0. The zero-order valence-corrected chi connectivity index (χ0v) is 12.2. The van der Waals surface area contributed by atoms with Crippen molar-refractivity contribution in [1.29, 1.82) is 0 Å². The SMILES string of the molecule is C#CCC(C)CCCC(C)CCCC(C)OC. The predicted octanol–water partition coefficient (Wildman–Crippen LogP) is 4.66. The van der Waals surface area contributed by atoms with Crippen LogP contribution in [0.1, 0.15) is 65.7 Å². The van der Waals surface area contributed by atoms with E-state index < -0.39 is 0 Å². The maximum Gasteiger partial charge on any atom is 0.0543 e. The normalized spacial score (nSPS) is 16.2. The average Bonchev–Trinajstić information content (AvgIpc) is 2.29. The van der Waals surface area contributed by atoms with Gasteiger partial charge in [-0.1, -0.05) is 39.5 Å². The van der Waals surface area contributed by atoms with Crippen LogP contribution in [0.15, 0.2) is 0 Å². The van der Waals surface area contributed by atoms with Gasteiger partial charge in [-0.25, -0.2) is 0 Å². The van der Waals surface area contributed by atoms with Crippen molar-refractivity contribution in [1.82, 2.24) is 0 Å². The molecular weight excluding hydrogens is 208 g/mol. The summed E-state index contributed by atoms with van der Waals surface area (Å²) in [5, 5.41) is 0. The molecule has 0 radical (unpaired) electrons. The van der Waals surface area contributed by atoms with Gasteiger partial charge in [0.15, 0.2) is 0 Å². The van der Waals surface area contributed by atoms with E-state index in [1.807, 2.05) is 0 Å². The fourth-order valence-electron chi connectivity index (χ4n) is 2.13. The smallest absolute Gasteiger partial charge is 0.0543 e. The van der Waals surface area contributed by atoms with E-state index in [-0.39, 0.29) is 0 Å².